The maximum atomic E-state index is 13.2. The van der Waals surface area contributed by atoms with E-state index in [1.54, 1.807) is 55.5 Å². The number of rotatable bonds is 3. The lowest BCUT2D eigenvalue weighted by molar-refractivity contribution is -0.136. The molecule has 0 atom stereocenters. The van der Waals surface area contributed by atoms with Gasteiger partial charge in [0.05, 0.1) is 16.9 Å². The molecule has 0 aliphatic rings. The van der Waals surface area contributed by atoms with Crippen molar-refractivity contribution in [2.24, 2.45) is 0 Å². The van der Waals surface area contributed by atoms with Gasteiger partial charge in [-0.25, -0.2) is 20.0 Å². The van der Waals surface area contributed by atoms with Gasteiger partial charge in [0, 0.05) is 10.7 Å². The van der Waals surface area contributed by atoms with Gasteiger partial charge >= 0.3 is 18.2 Å². The third kappa shape index (κ3) is 5.70. The molecule has 4 amide bonds. The van der Waals surface area contributed by atoms with E-state index >= 15 is 0 Å². The third-order valence-corrected chi connectivity index (χ3v) is 4.74. The zero-order chi connectivity index (χ0) is 23.3. The summed E-state index contributed by atoms with van der Waals surface area (Å²) < 4.78 is 39.6. The maximum absolute atomic E-state index is 13.2. The molecule has 0 spiro atoms. The molecule has 0 saturated carbocycles. The first kappa shape index (κ1) is 23.0. The van der Waals surface area contributed by atoms with Gasteiger partial charge in [0.2, 0.25) is 0 Å². The van der Waals surface area contributed by atoms with E-state index in [2.05, 4.69) is 16.1 Å². The molecule has 0 bridgehead atoms. The highest BCUT2D eigenvalue weighted by Gasteiger charge is 2.33. The Hall–Kier alpha value is -3.72. The molecule has 32 heavy (non-hydrogen) atoms. The predicted molar refractivity (Wildman–Crippen MR) is 118 cm³/mol. The summed E-state index contributed by atoms with van der Waals surface area (Å²) in [5.74, 6) is 0. The topological polar surface area (TPSA) is 73.5 Å². The molecule has 0 aromatic heterocycles. The lowest BCUT2D eigenvalue weighted by Crippen LogP contribution is -2.50. The number of halogens is 4. The minimum absolute atomic E-state index is 0.287. The Morgan fingerprint density at radius 3 is 2.22 bits per heavy atom. The van der Waals surface area contributed by atoms with Crippen LogP contribution in [0.3, 0.4) is 0 Å². The summed E-state index contributed by atoms with van der Waals surface area (Å²) in [5.41, 5.74) is 2.26. The van der Waals surface area contributed by atoms with Crippen molar-refractivity contribution in [2.75, 3.05) is 15.6 Å². The molecular weight excluding hydrogens is 445 g/mol. The highest BCUT2D eigenvalue weighted by atomic mass is 35.5. The summed E-state index contributed by atoms with van der Waals surface area (Å²) in [7, 11) is 0. The summed E-state index contributed by atoms with van der Waals surface area (Å²) in [6.07, 6.45) is -4.66. The number of nitrogens with one attached hydrogen (secondary N) is 3. The first-order valence-electron chi connectivity index (χ1n) is 9.31. The normalized spacial score (nSPS) is 10.9. The second-order valence-corrected chi connectivity index (χ2v) is 7.08. The van der Waals surface area contributed by atoms with Crippen LogP contribution < -0.4 is 21.1 Å². The second-order valence-electron chi connectivity index (χ2n) is 6.67. The van der Waals surface area contributed by atoms with Crippen LogP contribution in [0.1, 0.15) is 11.1 Å². The monoisotopic (exact) mass is 462 g/mol. The van der Waals surface area contributed by atoms with E-state index in [1.165, 1.54) is 12.1 Å². The molecule has 0 radical (unpaired) electrons. The van der Waals surface area contributed by atoms with E-state index in [0.717, 1.165) is 22.7 Å². The van der Waals surface area contributed by atoms with Gasteiger partial charge in [-0.3, -0.25) is 0 Å². The summed E-state index contributed by atoms with van der Waals surface area (Å²) in [4.78, 5) is 25.4. The van der Waals surface area contributed by atoms with Crippen LogP contribution in [-0.2, 0) is 6.18 Å². The van der Waals surface area contributed by atoms with Gasteiger partial charge in [-0.2, -0.15) is 13.2 Å². The molecule has 3 aromatic rings. The largest absolute Gasteiger partial charge is 0.418 e. The maximum Gasteiger partial charge on any atom is 0.418 e. The summed E-state index contributed by atoms with van der Waals surface area (Å²) >= 11 is 6.00. The second kappa shape index (κ2) is 9.61. The van der Waals surface area contributed by atoms with Crippen molar-refractivity contribution >= 4 is 40.7 Å². The fourth-order valence-corrected chi connectivity index (χ4v) is 2.92. The lowest BCUT2D eigenvalue weighted by Gasteiger charge is -2.24. The number of hydrogen-bond donors (Lipinski definition) is 3. The molecule has 0 heterocycles. The van der Waals surface area contributed by atoms with Crippen LogP contribution in [0, 0.1) is 6.92 Å². The minimum Gasteiger partial charge on any atom is -0.306 e. The molecule has 166 valence electrons. The van der Waals surface area contributed by atoms with Crippen molar-refractivity contribution in [3.05, 3.63) is 88.9 Å². The Morgan fingerprint density at radius 2 is 1.56 bits per heavy atom. The standard InChI is InChI=1S/C22H18ClF3N4O2/c1-14-13-15(11-12-18(14)23)27-21(32)30(16-7-3-2-4-8-16)29-20(31)28-19-10-6-5-9-17(19)22(24,25)26/h2-13H,1H3,(H,27,32)(H2,28,29,31). The number of para-hydroxylation sites is 2. The van der Waals surface area contributed by atoms with Gasteiger partial charge in [-0.1, -0.05) is 41.9 Å². The van der Waals surface area contributed by atoms with Crippen LogP contribution in [0.2, 0.25) is 5.02 Å². The number of urea groups is 2. The Kier molecular flexibility index (Phi) is 6.89. The average Bonchev–Trinajstić information content (AvgIpc) is 2.75. The number of carbonyl (C=O) groups is 2. The zero-order valence-corrected chi connectivity index (χ0v) is 17.5. The Morgan fingerprint density at radius 1 is 0.906 bits per heavy atom. The Labute approximate surface area is 187 Å². The first-order valence-corrected chi connectivity index (χ1v) is 9.69. The van der Waals surface area contributed by atoms with Crippen molar-refractivity contribution in [1.29, 1.82) is 0 Å². The molecule has 0 saturated heterocycles. The van der Waals surface area contributed by atoms with Gasteiger partial charge < -0.3 is 10.6 Å². The van der Waals surface area contributed by atoms with Crippen molar-refractivity contribution < 1.29 is 22.8 Å². The van der Waals surface area contributed by atoms with Crippen molar-refractivity contribution in [1.82, 2.24) is 5.43 Å². The average molecular weight is 463 g/mol. The first-order chi connectivity index (χ1) is 15.1. The van der Waals surface area contributed by atoms with E-state index in [4.69, 9.17) is 11.6 Å². The number of carbonyl (C=O) groups excluding carboxylic acids is 2. The smallest absolute Gasteiger partial charge is 0.306 e. The van der Waals surface area contributed by atoms with Gasteiger partial charge in [0.15, 0.2) is 0 Å². The van der Waals surface area contributed by atoms with Crippen LogP contribution in [0.4, 0.5) is 39.8 Å². The number of benzene rings is 3. The Balaban J connectivity index is 1.82. The van der Waals surface area contributed by atoms with Crippen molar-refractivity contribution in [2.45, 2.75) is 13.1 Å². The lowest BCUT2D eigenvalue weighted by atomic mass is 10.1. The predicted octanol–water partition coefficient (Wildman–Crippen LogP) is 6.44. The van der Waals surface area contributed by atoms with Crippen molar-refractivity contribution in [3.63, 3.8) is 0 Å². The van der Waals surface area contributed by atoms with E-state index in [9.17, 15) is 22.8 Å². The van der Waals surface area contributed by atoms with E-state index in [-0.39, 0.29) is 5.69 Å². The molecule has 0 unspecified atom stereocenters. The van der Waals surface area contributed by atoms with E-state index < -0.39 is 29.5 Å². The number of hydrazine groups is 1. The summed E-state index contributed by atoms with van der Waals surface area (Å²) in [5, 5.41) is 6.16. The molecule has 10 heteroatoms. The fraction of sp³-hybridized carbons (Fsp3) is 0.0909. The van der Waals surface area contributed by atoms with Gasteiger partial charge in [0.1, 0.15) is 0 Å². The van der Waals surface area contributed by atoms with Crippen LogP contribution >= 0.6 is 11.6 Å². The van der Waals surface area contributed by atoms with Crippen LogP contribution in [0.25, 0.3) is 0 Å². The SMILES string of the molecule is Cc1cc(NC(=O)N(NC(=O)Nc2ccccc2C(F)(F)F)c2ccccc2)ccc1Cl. The molecule has 3 N–H and O–H groups in total. The highest BCUT2D eigenvalue weighted by molar-refractivity contribution is 6.31. The van der Waals surface area contributed by atoms with Crippen LogP contribution in [-0.4, -0.2) is 12.1 Å². The van der Waals surface area contributed by atoms with Crippen LogP contribution in [0.15, 0.2) is 72.8 Å². The van der Waals surface area contributed by atoms with Crippen LogP contribution in [0.5, 0.6) is 0 Å². The fourth-order valence-electron chi connectivity index (χ4n) is 2.80. The number of anilines is 3. The molecule has 0 fully saturated rings. The molecule has 0 aliphatic heterocycles. The number of amides is 4. The number of aryl methyl sites for hydroxylation is 1. The Bertz CT molecular complexity index is 1120. The molecule has 0 aliphatic carbocycles. The quantitative estimate of drug-likeness (QED) is 0.392. The van der Waals surface area contributed by atoms with Crippen molar-refractivity contribution in [3.8, 4) is 0 Å². The van der Waals surface area contributed by atoms with Gasteiger partial charge in [-0.15, -0.1) is 0 Å². The third-order valence-electron chi connectivity index (χ3n) is 4.32. The molecule has 6 nitrogen and oxygen atoms in total. The minimum atomic E-state index is -4.66. The number of nitrogens with zero attached hydrogens (tertiary/aromatic N) is 1. The molecule has 3 rings (SSSR count). The zero-order valence-electron chi connectivity index (χ0n) is 16.7. The summed E-state index contributed by atoms with van der Waals surface area (Å²) in [6.45, 7) is 1.76. The van der Waals surface area contributed by atoms with Gasteiger partial charge in [0.25, 0.3) is 0 Å². The molecule has 3 aromatic carbocycles. The number of alkyl halides is 3. The summed E-state index contributed by atoms with van der Waals surface area (Å²) in [6, 6.07) is 15.7. The number of hydrogen-bond acceptors (Lipinski definition) is 2. The van der Waals surface area contributed by atoms with E-state index in [0.29, 0.717) is 10.7 Å². The van der Waals surface area contributed by atoms with Gasteiger partial charge in [-0.05, 0) is 55.0 Å². The highest BCUT2D eigenvalue weighted by Crippen LogP contribution is 2.34. The molecular formula is C22H18ClF3N4O2. The van der Waals surface area contributed by atoms with E-state index in [1.807, 2.05) is 0 Å².